The molecule has 1 aromatic heterocycles. The van der Waals surface area contributed by atoms with E-state index in [0.717, 1.165) is 17.8 Å². The van der Waals surface area contributed by atoms with Crippen LogP contribution in [0.15, 0.2) is 48.8 Å². The number of benzene rings is 1. The van der Waals surface area contributed by atoms with E-state index < -0.39 is 0 Å². The molecule has 1 amide bonds. The number of para-hydroxylation sites is 1. The van der Waals surface area contributed by atoms with Gasteiger partial charge < -0.3 is 10.2 Å². The predicted octanol–water partition coefficient (Wildman–Crippen LogP) is 2.08. The number of nitrogens with zero attached hydrogens (tertiary/aromatic N) is 2. The molecule has 1 unspecified atom stereocenters. The number of hydrogen-bond donors (Lipinski definition) is 1. The first-order chi connectivity index (χ1) is 9.25. The minimum absolute atomic E-state index is 0.0717. The van der Waals surface area contributed by atoms with Crippen LogP contribution in [0.4, 0.5) is 11.4 Å². The summed E-state index contributed by atoms with van der Waals surface area (Å²) < 4.78 is 0. The summed E-state index contributed by atoms with van der Waals surface area (Å²) in [7, 11) is 1.79. The third kappa shape index (κ3) is 2.17. The fourth-order valence-electron chi connectivity index (χ4n) is 2.38. The van der Waals surface area contributed by atoms with Gasteiger partial charge in [-0.1, -0.05) is 18.2 Å². The Hall–Kier alpha value is -2.36. The zero-order chi connectivity index (χ0) is 13.2. The van der Waals surface area contributed by atoms with Crippen molar-refractivity contribution in [2.75, 3.05) is 17.3 Å². The maximum Gasteiger partial charge on any atom is 0.249 e. The molecule has 1 N–H and O–H groups in total. The summed E-state index contributed by atoms with van der Waals surface area (Å²) in [6, 6.07) is 11.5. The third-order valence-electron chi connectivity index (χ3n) is 3.45. The molecule has 0 aliphatic carbocycles. The van der Waals surface area contributed by atoms with Crippen molar-refractivity contribution in [2.24, 2.45) is 0 Å². The lowest BCUT2D eigenvalue weighted by molar-refractivity contribution is -0.118. The van der Waals surface area contributed by atoms with Crippen molar-refractivity contribution in [3.8, 4) is 0 Å². The van der Waals surface area contributed by atoms with Gasteiger partial charge in [-0.15, -0.1) is 0 Å². The van der Waals surface area contributed by atoms with E-state index in [2.05, 4.69) is 16.4 Å². The van der Waals surface area contributed by atoms with Crippen molar-refractivity contribution in [3.63, 3.8) is 0 Å². The molecule has 0 saturated carbocycles. The molecule has 96 valence electrons. The summed E-state index contributed by atoms with van der Waals surface area (Å²) in [4.78, 5) is 18.1. The smallest absolute Gasteiger partial charge is 0.249 e. The van der Waals surface area contributed by atoms with Crippen LogP contribution in [0.25, 0.3) is 0 Å². The second kappa shape index (κ2) is 4.72. The van der Waals surface area contributed by atoms with Gasteiger partial charge in [0.05, 0.1) is 0 Å². The molecule has 3 rings (SSSR count). The Kier molecular flexibility index (Phi) is 2.91. The number of rotatable bonds is 2. The third-order valence-corrected chi connectivity index (χ3v) is 3.45. The van der Waals surface area contributed by atoms with Crippen molar-refractivity contribution in [1.29, 1.82) is 0 Å². The SMILES string of the molecule is CN(C(=O)C1Cc2ccccc2N1)c1ccncc1. The maximum absolute atomic E-state index is 12.5. The molecular weight excluding hydrogens is 238 g/mol. The predicted molar refractivity (Wildman–Crippen MR) is 75.2 cm³/mol. The Balaban J connectivity index is 1.77. The van der Waals surface area contributed by atoms with Crippen molar-refractivity contribution in [3.05, 3.63) is 54.4 Å². The molecule has 0 saturated heterocycles. The van der Waals surface area contributed by atoms with Gasteiger partial charge in [0.2, 0.25) is 5.91 Å². The lowest BCUT2D eigenvalue weighted by Gasteiger charge is -2.21. The highest BCUT2D eigenvalue weighted by molar-refractivity contribution is 5.99. The van der Waals surface area contributed by atoms with Crippen molar-refractivity contribution < 1.29 is 4.79 Å². The minimum atomic E-state index is -0.185. The molecule has 1 aliphatic heterocycles. The molecule has 0 bridgehead atoms. The maximum atomic E-state index is 12.5. The molecule has 0 spiro atoms. The first-order valence-corrected chi connectivity index (χ1v) is 6.28. The Labute approximate surface area is 112 Å². The van der Waals surface area contributed by atoms with Crippen LogP contribution in [0.1, 0.15) is 5.56 Å². The monoisotopic (exact) mass is 253 g/mol. The number of hydrogen-bond acceptors (Lipinski definition) is 3. The molecule has 2 aromatic rings. The van der Waals surface area contributed by atoms with E-state index in [9.17, 15) is 4.79 Å². The van der Waals surface area contributed by atoms with Gasteiger partial charge in [0.15, 0.2) is 0 Å². The van der Waals surface area contributed by atoms with Gasteiger partial charge in [-0.2, -0.15) is 0 Å². The van der Waals surface area contributed by atoms with Gasteiger partial charge in [0, 0.05) is 37.2 Å². The van der Waals surface area contributed by atoms with E-state index in [1.165, 1.54) is 5.56 Å². The fourth-order valence-corrected chi connectivity index (χ4v) is 2.38. The van der Waals surface area contributed by atoms with Gasteiger partial charge >= 0.3 is 0 Å². The molecule has 0 fully saturated rings. The summed E-state index contributed by atoms with van der Waals surface area (Å²) in [6.45, 7) is 0. The first-order valence-electron chi connectivity index (χ1n) is 6.28. The van der Waals surface area contributed by atoms with Crippen molar-refractivity contribution in [1.82, 2.24) is 4.98 Å². The molecule has 2 heterocycles. The number of carbonyl (C=O) groups is 1. The van der Waals surface area contributed by atoms with E-state index >= 15 is 0 Å². The molecule has 1 aromatic carbocycles. The topological polar surface area (TPSA) is 45.2 Å². The Morgan fingerprint density at radius 2 is 2.00 bits per heavy atom. The Bertz CT molecular complexity index is 572. The van der Waals surface area contributed by atoms with Crippen LogP contribution >= 0.6 is 0 Å². The number of aromatic nitrogens is 1. The number of anilines is 2. The van der Waals surface area contributed by atoms with E-state index in [0.29, 0.717) is 0 Å². The van der Waals surface area contributed by atoms with Gasteiger partial charge in [-0.3, -0.25) is 9.78 Å². The average molecular weight is 253 g/mol. The van der Waals surface area contributed by atoms with E-state index in [-0.39, 0.29) is 11.9 Å². The normalized spacial score (nSPS) is 16.6. The van der Waals surface area contributed by atoms with E-state index in [1.807, 2.05) is 30.3 Å². The van der Waals surface area contributed by atoms with Crippen LogP contribution in [0.2, 0.25) is 0 Å². The fraction of sp³-hybridized carbons (Fsp3) is 0.200. The number of likely N-dealkylation sites (N-methyl/N-ethyl adjacent to an activating group) is 1. The summed E-state index contributed by atoms with van der Waals surface area (Å²) in [5, 5.41) is 3.28. The second-order valence-electron chi connectivity index (χ2n) is 4.66. The van der Waals surface area contributed by atoms with Crippen LogP contribution in [0.3, 0.4) is 0 Å². The molecule has 4 nitrogen and oxygen atoms in total. The lowest BCUT2D eigenvalue weighted by atomic mass is 10.1. The van der Waals surface area contributed by atoms with E-state index in [1.54, 1.807) is 24.3 Å². The van der Waals surface area contributed by atoms with E-state index in [4.69, 9.17) is 0 Å². The quantitative estimate of drug-likeness (QED) is 0.891. The van der Waals surface area contributed by atoms with Crippen LogP contribution in [0, 0.1) is 0 Å². The zero-order valence-corrected chi connectivity index (χ0v) is 10.7. The number of fused-ring (bicyclic) bond motifs is 1. The van der Waals surface area contributed by atoms with Crippen LogP contribution in [-0.4, -0.2) is 24.0 Å². The van der Waals surface area contributed by atoms with Crippen LogP contribution < -0.4 is 10.2 Å². The Morgan fingerprint density at radius 3 is 2.74 bits per heavy atom. The highest BCUT2D eigenvalue weighted by Crippen LogP contribution is 2.26. The number of nitrogens with one attached hydrogen (secondary N) is 1. The Morgan fingerprint density at radius 1 is 1.26 bits per heavy atom. The summed E-state index contributed by atoms with van der Waals surface area (Å²) >= 11 is 0. The summed E-state index contributed by atoms with van der Waals surface area (Å²) in [5.41, 5.74) is 3.12. The van der Waals surface area contributed by atoms with Crippen LogP contribution in [-0.2, 0) is 11.2 Å². The molecule has 4 heteroatoms. The highest BCUT2D eigenvalue weighted by Gasteiger charge is 2.28. The first kappa shape index (κ1) is 11.7. The molecule has 0 radical (unpaired) electrons. The highest BCUT2D eigenvalue weighted by atomic mass is 16.2. The molecule has 1 atom stereocenters. The molecule has 19 heavy (non-hydrogen) atoms. The van der Waals surface area contributed by atoms with Crippen molar-refractivity contribution in [2.45, 2.75) is 12.5 Å². The van der Waals surface area contributed by atoms with Gasteiger partial charge in [-0.25, -0.2) is 0 Å². The second-order valence-corrected chi connectivity index (χ2v) is 4.66. The molecular formula is C15H15N3O. The van der Waals surface area contributed by atoms with Crippen LogP contribution in [0.5, 0.6) is 0 Å². The number of amides is 1. The lowest BCUT2D eigenvalue weighted by Crippen LogP contribution is -2.39. The van der Waals surface area contributed by atoms with Gasteiger partial charge in [-0.05, 0) is 23.8 Å². The average Bonchev–Trinajstić information content (AvgIpc) is 2.90. The number of carbonyl (C=O) groups excluding carboxylic acids is 1. The largest absolute Gasteiger partial charge is 0.373 e. The molecule has 1 aliphatic rings. The summed E-state index contributed by atoms with van der Waals surface area (Å²) in [6.07, 6.45) is 4.12. The minimum Gasteiger partial charge on any atom is -0.373 e. The summed E-state index contributed by atoms with van der Waals surface area (Å²) in [5.74, 6) is 0.0717. The van der Waals surface area contributed by atoms with Gasteiger partial charge in [0.1, 0.15) is 6.04 Å². The standard InChI is InChI=1S/C15H15N3O/c1-18(12-6-8-16-9-7-12)15(19)14-10-11-4-2-3-5-13(11)17-14/h2-9,14,17H,10H2,1H3. The number of pyridine rings is 1. The van der Waals surface area contributed by atoms with Crippen molar-refractivity contribution >= 4 is 17.3 Å². The van der Waals surface area contributed by atoms with Gasteiger partial charge in [0.25, 0.3) is 0 Å². The zero-order valence-electron chi connectivity index (χ0n) is 10.7.